The Labute approximate surface area is 80.7 Å². The second-order valence-corrected chi connectivity index (χ2v) is 2.92. The molecule has 0 N–H and O–H groups in total. The predicted octanol–water partition coefficient (Wildman–Crippen LogP) is 3.04. The molecule has 0 aromatic carbocycles. The molecule has 14 heavy (non-hydrogen) atoms. The molecule has 5 heteroatoms. The molecular weight excluding hydrogens is 190 g/mol. The molecule has 0 unspecified atom stereocenters. The summed E-state index contributed by atoms with van der Waals surface area (Å²) in [5, 5.41) is 0. The van der Waals surface area contributed by atoms with Gasteiger partial charge in [-0.1, -0.05) is 13.0 Å². The van der Waals surface area contributed by atoms with E-state index in [2.05, 4.69) is 4.98 Å². The van der Waals surface area contributed by atoms with Crippen LogP contribution in [-0.2, 0) is 6.42 Å². The molecule has 0 spiro atoms. The standard InChI is InChI=1S/C9H10BF3N/c1-2-9-7-8(4-6-14-9)3-5-10(11,12)13/h3-7H,2H2,1H3/q-1/b5-3+. The van der Waals surface area contributed by atoms with Crippen molar-refractivity contribution in [1.29, 1.82) is 0 Å². The number of halogens is 3. The fraction of sp³-hybridized carbons (Fsp3) is 0.222. The maximum atomic E-state index is 11.9. The van der Waals surface area contributed by atoms with Crippen molar-refractivity contribution >= 4 is 13.1 Å². The zero-order chi connectivity index (χ0) is 10.6. The summed E-state index contributed by atoms with van der Waals surface area (Å²) in [6.07, 6.45) is 3.31. The molecule has 0 aliphatic carbocycles. The topological polar surface area (TPSA) is 12.9 Å². The molecule has 0 atom stereocenters. The van der Waals surface area contributed by atoms with Gasteiger partial charge in [-0.2, -0.15) is 0 Å². The van der Waals surface area contributed by atoms with Crippen molar-refractivity contribution in [1.82, 2.24) is 4.98 Å². The summed E-state index contributed by atoms with van der Waals surface area (Å²) in [5.74, 6) is 0.286. The number of hydrogen-bond donors (Lipinski definition) is 0. The summed E-state index contributed by atoms with van der Waals surface area (Å²) in [6, 6.07) is 3.20. The largest absolute Gasteiger partial charge is 0.502 e. The van der Waals surface area contributed by atoms with Crippen molar-refractivity contribution < 1.29 is 12.9 Å². The van der Waals surface area contributed by atoms with Gasteiger partial charge in [0, 0.05) is 11.9 Å². The van der Waals surface area contributed by atoms with Gasteiger partial charge in [0.2, 0.25) is 0 Å². The highest BCUT2D eigenvalue weighted by Gasteiger charge is 2.16. The third kappa shape index (κ3) is 3.64. The van der Waals surface area contributed by atoms with Gasteiger partial charge >= 0.3 is 6.98 Å². The Hall–Kier alpha value is -1.26. The number of aromatic nitrogens is 1. The Morgan fingerprint density at radius 1 is 1.43 bits per heavy atom. The molecule has 1 aromatic rings. The van der Waals surface area contributed by atoms with Gasteiger partial charge in [-0.15, -0.1) is 5.98 Å². The first kappa shape index (κ1) is 10.8. The van der Waals surface area contributed by atoms with Crippen LogP contribution in [0.4, 0.5) is 12.9 Å². The highest BCUT2D eigenvalue weighted by Crippen LogP contribution is 2.13. The summed E-state index contributed by atoms with van der Waals surface area (Å²) >= 11 is 0. The molecule has 0 bridgehead atoms. The smallest absolute Gasteiger partial charge is 0.445 e. The first-order chi connectivity index (χ1) is 6.51. The lowest BCUT2D eigenvalue weighted by Crippen LogP contribution is -2.09. The molecule has 1 rings (SSSR count). The SMILES string of the molecule is CCc1cc(/C=C/[B-](F)(F)F)ccn1. The highest BCUT2D eigenvalue weighted by molar-refractivity contribution is 6.64. The highest BCUT2D eigenvalue weighted by atomic mass is 19.4. The predicted molar refractivity (Wildman–Crippen MR) is 51.7 cm³/mol. The van der Waals surface area contributed by atoms with Crippen LogP contribution >= 0.6 is 0 Å². The zero-order valence-electron chi connectivity index (χ0n) is 7.75. The van der Waals surface area contributed by atoms with E-state index in [-0.39, 0.29) is 5.98 Å². The number of nitrogens with zero attached hydrogens (tertiary/aromatic N) is 1. The van der Waals surface area contributed by atoms with E-state index in [4.69, 9.17) is 0 Å². The summed E-state index contributed by atoms with van der Waals surface area (Å²) in [5.41, 5.74) is 1.33. The fourth-order valence-corrected chi connectivity index (χ4v) is 1.01. The first-order valence-electron chi connectivity index (χ1n) is 4.35. The van der Waals surface area contributed by atoms with Crippen molar-refractivity contribution in [2.45, 2.75) is 13.3 Å². The van der Waals surface area contributed by atoms with Crippen LogP contribution < -0.4 is 0 Å². The lowest BCUT2D eigenvalue weighted by Gasteiger charge is -2.06. The van der Waals surface area contributed by atoms with Gasteiger partial charge < -0.3 is 12.9 Å². The minimum Gasteiger partial charge on any atom is -0.445 e. The average Bonchev–Trinajstić information content (AvgIpc) is 2.14. The zero-order valence-corrected chi connectivity index (χ0v) is 7.75. The van der Waals surface area contributed by atoms with Crippen LogP contribution in [0.25, 0.3) is 6.08 Å². The quantitative estimate of drug-likeness (QED) is 0.683. The van der Waals surface area contributed by atoms with Crippen molar-refractivity contribution in [3.05, 3.63) is 35.6 Å². The number of hydrogen-bond acceptors (Lipinski definition) is 1. The van der Waals surface area contributed by atoms with E-state index in [1.807, 2.05) is 6.92 Å². The van der Waals surface area contributed by atoms with Crippen LogP contribution in [0, 0.1) is 0 Å². The molecular formula is C9H10BF3N-. The minimum atomic E-state index is -4.85. The fourth-order valence-electron chi connectivity index (χ4n) is 1.01. The van der Waals surface area contributed by atoms with Crippen molar-refractivity contribution in [3.63, 3.8) is 0 Å². The van der Waals surface area contributed by atoms with Crippen molar-refractivity contribution in [2.24, 2.45) is 0 Å². The maximum absolute atomic E-state index is 11.9. The van der Waals surface area contributed by atoms with Crippen molar-refractivity contribution in [2.75, 3.05) is 0 Å². The summed E-state index contributed by atoms with van der Waals surface area (Å²) in [7, 11) is 0. The summed E-state index contributed by atoms with van der Waals surface area (Å²) in [6.45, 7) is -2.94. The molecule has 1 aromatic heterocycles. The van der Waals surface area contributed by atoms with Gasteiger partial charge in [0.15, 0.2) is 0 Å². The first-order valence-corrected chi connectivity index (χ1v) is 4.35. The number of rotatable bonds is 3. The van der Waals surface area contributed by atoms with Gasteiger partial charge in [0.05, 0.1) is 0 Å². The van der Waals surface area contributed by atoms with Gasteiger partial charge in [0.1, 0.15) is 0 Å². The van der Waals surface area contributed by atoms with E-state index in [9.17, 15) is 12.9 Å². The molecule has 0 amide bonds. The normalized spacial score (nSPS) is 12.3. The molecule has 0 saturated carbocycles. The second-order valence-electron chi connectivity index (χ2n) is 2.92. The van der Waals surface area contributed by atoms with Crippen LogP contribution in [0.5, 0.6) is 0 Å². The third-order valence-electron chi connectivity index (χ3n) is 1.71. The number of pyridine rings is 1. The van der Waals surface area contributed by atoms with E-state index in [0.29, 0.717) is 5.56 Å². The summed E-state index contributed by atoms with van der Waals surface area (Å²) in [4.78, 5) is 3.99. The van der Waals surface area contributed by atoms with Gasteiger partial charge in [-0.3, -0.25) is 4.98 Å². The molecule has 76 valence electrons. The van der Waals surface area contributed by atoms with Crippen LogP contribution in [0.1, 0.15) is 18.2 Å². The molecule has 0 fully saturated rings. The molecule has 1 nitrogen and oxygen atoms in total. The Bertz CT molecular complexity index is 333. The number of aryl methyl sites for hydroxylation is 1. The Morgan fingerprint density at radius 3 is 2.71 bits per heavy atom. The van der Waals surface area contributed by atoms with Crippen LogP contribution in [-0.4, -0.2) is 12.0 Å². The molecule has 1 heterocycles. The molecule has 0 aliphatic rings. The molecule has 0 aliphatic heterocycles. The van der Waals surface area contributed by atoms with E-state index in [0.717, 1.165) is 18.2 Å². The maximum Gasteiger partial charge on any atom is 0.502 e. The molecule has 0 radical (unpaired) electrons. The van der Waals surface area contributed by atoms with E-state index in [1.54, 1.807) is 12.1 Å². The second kappa shape index (κ2) is 4.31. The Balaban J connectivity index is 2.82. The monoisotopic (exact) mass is 200 g/mol. The summed E-state index contributed by atoms with van der Waals surface area (Å²) < 4.78 is 35.7. The van der Waals surface area contributed by atoms with Gasteiger partial charge in [-0.05, 0) is 24.1 Å². The Kier molecular flexibility index (Phi) is 3.33. The van der Waals surface area contributed by atoms with Crippen LogP contribution in [0.3, 0.4) is 0 Å². The molecule has 0 saturated heterocycles. The van der Waals surface area contributed by atoms with Crippen LogP contribution in [0.15, 0.2) is 24.3 Å². The van der Waals surface area contributed by atoms with E-state index in [1.165, 1.54) is 6.20 Å². The van der Waals surface area contributed by atoms with E-state index < -0.39 is 6.98 Å². The lowest BCUT2D eigenvalue weighted by atomic mass is 9.91. The average molecular weight is 200 g/mol. The van der Waals surface area contributed by atoms with Crippen molar-refractivity contribution in [3.8, 4) is 0 Å². The third-order valence-corrected chi connectivity index (χ3v) is 1.71. The Morgan fingerprint density at radius 2 is 2.14 bits per heavy atom. The van der Waals surface area contributed by atoms with Gasteiger partial charge in [-0.25, -0.2) is 0 Å². The van der Waals surface area contributed by atoms with Crippen LogP contribution in [0.2, 0.25) is 0 Å². The van der Waals surface area contributed by atoms with E-state index >= 15 is 0 Å². The minimum absolute atomic E-state index is 0.286. The lowest BCUT2D eigenvalue weighted by molar-refractivity contribution is 0.499. The van der Waals surface area contributed by atoms with Gasteiger partial charge in [0.25, 0.3) is 0 Å².